The molecule has 0 atom stereocenters. The first-order valence-corrected chi connectivity index (χ1v) is 8.24. The molecule has 0 aliphatic rings. The highest BCUT2D eigenvalue weighted by molar-refractivity contribution is 5.80. The van der Waals surface area contributed by atoms with E-state index in [4.69, 9.17) is 4.98 Å². The van der Waals surface area contributed by atoms with Crippen molar-refractivity contribution in [3.8, 4) is 11.4 Å². The normalized spacial score (nSPS) is 11.4. The van der Waals surface area contributed by atoms with Crippen LogP contribution in [0.3, 0.4) is 0 Å². The molecule has 0 bridgehead atoms. The van der Waals surface area contributed by atoms with Gasteiger partial charge < -0.3 is 4.57 Å². The Morgan fingerprint density at radius 2 is 1.56 bits per heavy atom. The van der Waals surface area contributed by atoms with Crippen LogP contribution in [0.4, 0.5) is 4.39 Å². The van der Waals surface area contributed by atoms with Gasteiger partial charge in [0.25, 0.3) is 0 Å². The van der Waals surface area contributed by atoms with Gasteiger partial charge in [-0.15, -0.1) is 0 Å². The Kier molecular flexibility index (Phi) is 4.13. The molecule has 0 radical (unpaired) electrons. The second-order valence-electron chi connectivity index (χ2n) is 5.85. The summed E-state index contributed by atoms with van der Waals surface area (Å²) < 4.78 is 15.4. The number of fused-ring (bicyclic) bond motifs is 1. The molecule has 0 unspecified atom stereocenters. The fourth-order valence-corrected chi connectivity index (χ4v) is 2.94. The lowest BCUT2D eigenvalue weighted by Gasteiger charge is -2.07. The lowest BCUT2D eigenvalue weighted by molar-refractivity contribution is 0.628. The van der Waals surface area contributed by atoms with Crippen LogP contribution in [-0.4, -0.2) is 9.55 Å². The van der Waals surface area contributed by atoms with Crippen LogP contribution in [0.5, 0.6) is 0 Å². The quantitative estimate of drug-likeness (QED) is 0.480. The standard InChI is InChI=1S/C22H17FN2/c23-19-14-12-18(13-15-19)22-24-20-10-4-5-11-21(20)25(22)16-6-9-17-7-2-1-3-8-17/h1-15H,16H2/b9-6+. The van der Waals surface area contributed by atoms with E-state index in [9.17, 15) is 4.39 Å². The van der Waals surface area contributed by atoms with Gasteiger partial charge >= 0.3 is 0 Å². The molecule has 0 N–H and O–H groups in total. The number of nitrogens with zero attached hydrogens (tertiary/aromatic N) is 2. The molecule has 1 aromatic heterocycles. The highest BCUT2D eigenvalue weighted by atomic mass is 19.1. The third kappa shape index (κ3) is 3.22. The molecule has 0 fully saturated rings. The number of hydrogen-bond donors (Lipinski definition) is 0. The number of para-hydroxylation sites is 2. The van der Waals surface area contributed by atoms with Crippen molar-refractivity contribution < 1.29 is 4.39 Å². The molecule has 2 nitrogen and oxygen atoms in total. The summed E-state index contributed by atoms with van der Waals surface area (Å²) in [6.07, 6.45) is 4.22. The van der Waals surface area contributed by atoms with Crippen LogP contribution < -0.4 is 0 Å². The summed E-state index contributed by atoms with van der Waals surface area (Å²) in [4.78, 5) is 4.74. The number of halogens is 1. The van der Waals surface area contributed by atoms with Crippen molar-refractivity contribution in [1.82, 2.24) is 9.55 Å². The average molecular weight is 328 g/mol. The molecule has 0 aliphatic carbocycles. The van der Waals surface area contributed by atoms with Gasteiger partial charge in [0.05, 0.1) is 11.0 Å². The monoisotopic (exact) mass is 328 g/mol. The van der Waals surface area contributed by atoms with E-state index in [1.807, 2.05) is 36.4 Å². The number of hydrogen-bond acceptors (Lipinski definition) is 1. The Balaban J connectivity index is 1.74. The van der Waals surface area contributed by atoms with E-state index in [1.54, 1.807) is 12.1 Å². The molecule has 122 valence electrons. The predicted molar refractivity (Wildman–Crippen MR) is 101 cm³/mol. The van der Waals surface area contributed by atoms with Crippen LogP contribution in [0.2, 0.25) is 0 Å². The minimum absolute atomic E-state index is 0.240. The Hall–Kier alpha value is -3.20. The van der Waals surface area contributed by atoms with E-state index in [0.29, 0.717) is 6.54 Å². The second kappa shape index (κ2) is 6.73. The molecule has 4 rings (SSSR count). The van der Waals surface area contributed by atoms with Gasteiger partial charge in [0.2, 0.25) is 0 Å². The first-order valence-electron chi connectivity index (χ1n) is 8.24. The van der Waals surface area contributed by atoms with E-state index < -0.39 is 0 Å². The summed E-state index contributed by atoms with van der Waals surface area (Å²) in [5, 5.41) is 0. The van der Waals surface area contributed by atoms with Gasteiger partial charge in [-0.25, -0.2) is 9.37 Å². The second-order valence-corrected chi connectivity index (χ2v) is 5.85. The summed E-state index contributed by atoms with van der Waals surface area (Å²) in [7, 11) is 0. The number of aromatic nitrogens is 2. The smallest absolute Gasteiger partial charge is 0.141 e. The highest BCUT2D eigenvalue weighted by Gasteiger charge is 2.11. The first kappa shape index (κ1) is 15.3. The van der Waals surface area contributed by atoms with Gasteiger partial charge in [-0.3, -0.25) is 0 Å². The lowest BCUT2D eigenvalue weighted by atomic mass is 10.2. The van der Waals surface area contributed by atoms with Crippen molar-refractivity contribution in [2.24, 2.45) is 0 Å². The van der Waals surface area contributed by atoms with Gasteiger partial charge in [0.15, 0.2) is 0 Å². The van der Waals surface area contributed by atoms with Gasteiger partial charge in [0.1, 0.15) is 11.6 Å². The fraction of sp³-hybridized carbons (Fsp3) is 0.0455. The van der Waals surface area contributed by atoms with Gasteiger partial charge in [-0.2, -0.15) is 0 Å². The fourth-order valence-electron chi connectivity index (χ4n) is 2.94. The van der Waals surface area contributed by atoms with Crippen molar-refractivity contribution in [1.29, 1.82) is 0 Å². The summed E-state index contributed by atoms with van der Waals surface area (Å²) in [6.45, 7) is 0.697. The summed E-state index contributed by atoms with van der Waals surface area (Å²) in [5.74, 6) is 0.606. The minimum Gasteiger partial charge on any atom is -0.320 e. The van der Waals surface area contributed by atoms with Crippen LogP contribution in [0, 0.1) is 5.82 Å². The first-order chi connectivity index (χ1) is 12.3. The minimum atomic E-state index is -0.240. The number of imidazole rings is 1. The largest absolute Gasteiger partial charge is 0.320 e. The summed E-state index contributed by atoms with van der Waals surface area (Å²) >= 11 is 0. The van der Waals surface area contributed by atoms with Crippen LogP contribution in [0.1, 0.15) is 5.56 Å². The predicted octanol–water partition coefficient (Wildman–Crippen LogP) is 5.56. The molecule has 1 heterocycles. The molecule has 0 aliphatic heterocycles. The van der Waals surface area contributed by atoms with Gasteiger partial charge in [-0.1, -0.05) is 54.6 Å². The molecule has 3 aromatic carbocycles. The van der Waals surface area contributed by atoms with E-state index in [0.717, 1.165) is 28.0 Å². The topological polar surface area (TPSA) is 17.8 Å². The van der Waals surface area contributed by atoms with Crippen molar-refractivity contribution in [3.05, 3.63) is 96.3 Å². The van der Waals surface area contributed by atoms with E-state index in [2.05, 4.69) is 34.9 Å². The van der Waals surface area contributed by atoms with Crippen LogP contribution in [-0.2, 0) is 6.54 Å². The van der Waals surface area contributed by atoms with Crippen molar-refractivity contribution in [2.45, 2.75) is 6.54 Å². The lowest BCUT2D eigenvalue weighted by Crippen LogP contribution is -1.98. The van der Waals surface area contributed by atoms with Crippen molar-refractivity contribution in [3.63, 3.8) is 0 Å². The zero-order chi connectivity index (χ0) is 17.1. The Labute approximate surface area is 145 Å². The summed E-state index contributed by atoms with van der Waals surface area (Å²) in [6, 6.07) is 24.7. The third-order valence-electron chi connectivity index (χ3n) is 4.15. The zero-order valence-electron chi connectivity index (χ0n) is 13.6. The van der Waals surface area contributed by atoms with Crippen molar-refractivity contribution in [2.75, 3.05) is 0 Å². The SMILES string of the molecule is Fc1ccc(-c2nc3ccccc3n2C/C=C/c2ccccc2)cc1. The molecule has 0 spiro atoms. The Bertz CT molecular complexity index is 1020. The van der Waals surface area contributed by atoms with Crippen molar-refractivity contribution >= 4 is 17.1 Å². The maximum atomic E-state index is 13.3. The molecule has 25 heavy (non-hydrogen) atoms. The van der Waals surface area contributed by atoms with E-state index in [1.165, 1.54) is 12.1 Å². The maximum Gasteiger partial charge on any atom is 0.141 e. The zero-order valence-corrected chi connectivity index (χ0v) is 13.6. The van der Waals surface area contributed by atoms with E-state index >= 15 is 0 Å². The molecule has 0 amide bonds. The average Bonchev–Trinajstić information content (AvgIpc) is 3.02. The maximum absolute atomic E-state index is 13.3. The molecule has 0 saturated heterocycles. The highest BCUT2D eigenvalue weighted by Crippen LogP contribution is 2.25. The van der Waals surface area contributed by atoms with Gasteiger partial charge in [-0.05, 0) is 42.0 Å². The molecule has 4 aromatic rings. The number of rotatable bonds is 4. The molecular formula is C22H17FN2. The molecular weight excluding hydrogens is 311 g/mol. The summed E-state index contributed by atoms with van der Waals surface area (Å²) in [5.41, 5.74) is 4.08. The van der Waals surface area contributed by atoms with Crippen LogP contribution >= 0.6 is 0 Å². The number of benzene rings is 3. The third-order valence-corrected chi connectivity index (χ3v) is 4.15. The molecule has 0 saturated carbocycles. The van der Waals surface area contributed by atoms with Crippen LogP contribution in [0.15, 0.2) is 84.9 Å². The van der Waals surface area contributed by atoms with Gasteiger partial charge in [0, 0.05) is 12.1 Å². The Morgan fingerprint density at radius 1 is 0.840 bits per heavy atom. The Morgan fingerprint density at radius 3 is 2.36 bits per heavy atom. The van der Waals surface area contributed by atoms with E-state index in [-0.39, 0.29) is 5.82 Å². The van der Waals surface area contributed by atoms with Crippen LogP contribution in [0.25, 0.3) is 28.5 Å². The number of allylic oxidation sites excluding steroid dienone is 1. The molecule has 3 heteroatoms.